The number of pyridine rings is 1. The summed E-state index contributed by atoms with van der Waals surface area (Å²) in [6.07, 6.45) is 2.36. The summed E-state index contributed by atoms with van der Waals surface area (Å²) >= 11 is 0. The molecule has 2 heterocycles. The zero-order valence-corrected chi connectivity index (χ0v) is 21.1. The smallest absolute Gasteiger partial charge is 0.256 e. The minimum absolute atomic E-state index is 0.0601. The zero-order valence-electron chi connectivity index (χ0n) is 21.1. The van der Waals surface area contributed by atoms with Crippen LogP contribution in [0.25, 0.3) is 10.9 Å². The number of hydrogen-bond acceptors (Lipinski definition) is 4. The largest absolute Gasteiger partial charge is 0.491 e. The molecule has 38 heavy (non-hydrogen) atoms. The highest BCUT2D eigenvalue weighted by molar-refractivity contribution is 5.97. The first-order valence-electron chi connectivity index (χ1n) is 13.0. The maximum Gasteiger partial charge on any atom is 0.256 e. The number of para-hydroxylation sites is 3. The second kappa shape index (κ2) is 10.8. The van der Waals surface area contributed by atoms with E-state index >= 15 is 0 Å². The maximum absolute atomic E-state index is 14.3. The number of anilines is 1. The van der Waals surface area contributed by atoms with E-state index in [4.69, 9.17) is 4.74 Å². The first kappa shape index (κ1) is 23.7. The monoisotopic (exact) mass is 499 g/mol. The number of nitrogens with zero attached hydrogens (tertiary/aromatic N) is 2. The quantitative estimate of drug-likeness (QED) is 0.308. The van der Waals surface area contributed by atoms with Crippen LogP contribution in [0, 0.1) is 0 Å². The zero-order chi connectivity index (χ0) is 25.7. The SMILES string of the molecule is O=C(c1cnc2ccccc2c1)N1Cc2ccccc2NCc2ccccc2OC[C@@H]1Cc1ccccc1. The molecule has 1 atom stereocenters. The molecule has 0 bridgehead atoms. The predicted octanol–water partition coefficient (Wildman–Crippen LogP) is 6.49. The molecular weight excluding hydrogens is 470 g/mol. The summed E-state index contributed by atoms with van der Waals surface area (Å²) in [4.78, 5) is 20.8. The van der Waals surface area contributed by atoms with Crippen LogP contribution in [0.15, 0.2) is 115 Å². The molecule has 188 valence electrons. The molecule has 0 saturated heterocycles. The third-order valence-electron chi connectivity index (χ3n) is 7.08. The minimum Gasteiger partial charge on any atom is -0.491 e. The van der Waals surface area contributed by atoms with Crippen molar-refractivity contribution in [2.24, 2.45) is 0 Å². The fraction of sp³-hybridized carbons (Fsp3) is 0.152. The van der Waals surface area contributed by atoms with Crippen LogP contribution in [-0.2, 0) is 19.5 Å². The molecule has 0 unspecified atom stereocenters. The second-order valence-electron chi connectivity index (χ2n) is 9.62. The normalized spacial score (nSPS) is 15.4. The highest BCUT2D eigenvalue weighted by atomic mass is 16.5. The minimum atomic E-state index is -0.199. The Bertz CT molecular complexity index is 1570. The molecule has 6 rings (SSSR count). The molecule has 1 aliphatic heterocycles. The molecule has 1 N–H and O–H groups in total. The summed E-state index contributed by atoms with van der Waals surface area (Å²) in [5, 5.41) is 4.52. The van der Waals surface area contributed by atoms with Gasteiger partial charge in [-0.3, -0.25) is 9.78 Å². The summed E-state index contributed by atoms with van der Waals surface area (Å²) in [6, 6.07) is 36.2. The number of hydrogen-bond donors (Lipinski definition) is 1. The fourth-order valence-corrected chi connectivity index (χ4v) is 5.05. The third-order valence-corrected chi connectivity index (χ3v) is 7.08. The van der Waals surface area contributed by atoms with Gasteiger partial charge in [-0.1, -0.05) is 84.9 Å². The van der Waals surface area contributed by atoms with E-state index in [0.29, 0.717) is 31.7 Å². The van der Waals surface area contributed by atoms with Crippen LogP contribution in [0.1, 0.15) is 27.0 Å². The standard InChI is InChI=1S/C33H29N3O2/c37-33(28-19-25-12-4-7-15-30(25)35-21-28)36-22-27-14-5-8-16-31(27)34-20-26-13-6-9-17-32(26)38-23-29(36)18-24-10-2-1-3-11-24/h1-17,19,21,29,34H,18,20,22-23H2/t29-/m0/s1. The number of nitrogens with one attached hydrogen (secondary N) is 1. The van der Waals surface area contributed by atoms with E-state index in [2.05, 4.69) is 40.6 Å². The summed E-state index contributed by atoms with van der Waals surface area (Å²) < 4.78 is 6.44. The van der Waals surface area contributed by atoms with Crippen LogP contribution in [0.2, 0.25) is 0 Å². The molecule has 0 saturated carbocycles. The van der Waals surface area contributed by atoms with E-state index in [1.54, 1.807) is 6.20 Å². The number of fused-ring (bicyclic) bond motifs is 3. The van der Waals surface area contributed by atoms with Gasteiger partial charge >= 0.3 is 0 Å². The lowest BCUT2D eigenvalue weighted by Crippen LogP contribution is -2.44. The van der Waals surface area contributed by atoms with Crippen molar-refractivity contribution in [3.8, 4) is 5.75 Å². The number of aromatic nitrogens is 1. The van der Waals surface area contributed by atoms with Gasteiger partial charge in [-0.25, -0.2) is 0 Å². The van der Waals surface area contributed by atoms with E-state index in [0.717, 1.165) is 39.0 Å². The Hall–Kier alpha value is -4.64. The van der Waals surface area contributed by atoms with Crippen LogP contribution >= 0.6 is 0 Å². The van der Waals surface area contributed by atoms with Gasteiger partial charge in [-0.05, 0) is 41.8 Å². The van der Waals surface area contributed by atoms with Crippen molar-refractivity contribution in [1.29, 1.82) is 0 Å². The van der Waals surface area contributed by atoms with Crippen LogP contribution in [0.4, 0.5) is 5.69 Å². The summed E-state index contributed by atoms with van der Waals surface area (Å²) in [5.74, 6) is 0.771. The molecule has 5 heteroatoms. The van der Waals surface area contributed by atoms with Crippen LogP contribution in [0.3, 0.4) is 0 Å². The average molecular weight is 500 g/mol. The molecular formula is C33H29N3O2. The Balaban J connectivity index is 1.44. The fourth-order valence-electron chi connectivity index (χ4n) is 5.05. The molecule has 0 spiro atoms. The number of carbonyl (C=O) groups excluding carboxylic acids is 1. The molecule has 5 aromatic rings. The van der Waals surface area contributed by atoms with Crippen molar-refractivity contribution in [3.05, 3.63) is 138 Å². The Morgan fingerprint density at radius 3 is 2.50 bits per heavy atom. The molecule has 1 amide bonds. The van der Waals surface area contributed by atoms with Crippen LogP contribution < -0.4 is 10.1 Å². The topological polar surface area (TPSA) is 54.5 Å². The van der Waals surface area contributed by atoms with Gasteiger partial charge in [-0.2, -0.15) is 0 Å². The molecule has 5 nitrogen and oxygen atoms in total. The Morgan fingerprint density at radius 1 is 0.868 bits per heavy atom. The lowest BCUT2D eigenvalue weighted by Gasteiger charge is -2.32. The van der Waals surface area contributed by atoms with E-state index in [1.807, 2.05) is 83.8 Å². The van der Waals surface area contributed by atoms with Gasteiger partial charge in [0.15, 0.2) is 0 Å². The molecule has 0 radical (unpaired) electrons. The maximum atomic E-state index is 14.3. The highest BCUT2D eigenvalue weighted by Crippen LogP contribution is 2.27. The van der Waals surface area contributed by atoms with Crippen LogP contribution in [0.5, 0.6) is 5.75 Å². The van der Waals surface area contributed by atoms with Gasteiger partial charge in [0.25, 0.3) is 5.91 Å². The first-order valence-corrected chi connectivity index (χ1v) is 13.0. The lowest BCUT2D eigenvalue weighted by molar-refractivity contribution is 0.0591. The number of carbonyl (C=O) groups is 1. The van der Waals surface area contributed by atoms with Crippen molar-refractivity contribution >= 4 is 22.5 Å². The van der Waals surface area contributed by atoms with Crippen LogP contribution in [-0.4, -0.2) is 28.4 Å². The predicted molar refractivity (Wildman–Crippen MR) is 151 cm³/mol. The van der Waals surface area contributed by atoms with E-state index in [-0.39, 0.29) is 11.9 Å². The van der Waals surface area contributed by atoms with Gasteiger partial charge in [0.2, 0.25) is 0 Å². The van der Waals surface area contributed by atoms with E-state index in [9.17, 15) is 4.79 Å². The summed E-state index contributed by atoms with van der Waals surface area (Å²) in [6.45, 7) is 1.46. The first-order chi connectivity index (χ1) is 18.7. The van der Waals surface area contributed by atoms with Crippen molar-refractivity contribution in [2.45, 2.75) is 25.6 Å². The second-order valence-corrected chi connectivity index (χ2v) is 9.62. The summed E-state index contributed by atoms with van der Waals surface area (Å²) in [7, 11) is 0. The Morgan fingerprint density at radius 2 is 1.61 bits per heavy atom. The Labute approximate surface area is 222 Å². The van der Waals surface area contributed by atoms with E-state index in [1.165, 1.54) is 0 Å². The number of benzene rings is 4. The Kier molecular flexibility index (Phi) is 6.73. The number of ether oxygens (including phenoxy) is 1. The highest BCUT2D eigenvalue weighted by Gasteiger charge is 2.28. The molecule has 0 fully saturated rings. The van der Waals surface area contributed by atoms with Gasteiger partial charge in [0.05, 0.1) is 17.1 Å². The van der Waals surface area contributed by atoms with Crippen molar-refractivity contribution in [2.75, 3.05) is 11.9 Å². The summed E-state index contributed by atoms with van der Waals surface area (Å²) in [5.41, 5.74) is 5.76. The lowest BCUT2D eigenvalue weighted by atomic mass is 10.0. The van der Waals surface area contributed by atoms with Gasteiger partial charge in [0.1, 0.15) is 12.4 Å². The number of amides is 1. The van der Waals surface area contributed by atoms with Crippen molar-refractivity contribution in [3.63, 3.8) is 0 Å². The average Bonchev–Trinajstić information content (AvgIpc) is 3.00. The molecule has 1 aliphatic rings. The van der Waals surface area contributed by atoms with Gasteiger partial charge in [0, 0.05) is 35.9 Å². The van der Waals surface area contributed by atoms with Gasteiger partial charge in [-0.15, -0.1) is 0 Å². The molecule has 4 aromatic carbocycles. The third kappa shape index (κ3) is 5.09. The number of rotatable bonds is 3. The van der Waals surface area contributed by atoms with Gasteiger partial charge < -0.3 is 15.0 Å². The molecule has 1 aromatic heterocycles. The van der Waals surface area contributed by atoms with Crippen molar-refractivity contribution in [1.82, 2.24) is 9.88 Å². The van der Waals surface area contributed by atoms with E-state index < -0.39 is 0 Å². The van der Waals surface area contributed by atoms with Crippen molar-refractivity contribution < 1.29 is 9.53 Å². The molecule has 0 aliphatic carbocycles.